The van der Waals surface area contributed by atoms with Gasteiger partial charge in [-0.05, 0) is 184 Å². The van der Waals surface area contributed by atoms with Gasteiger partial charge in [-0.3, -0.25) is 28.7 Å². The highest BCUT2D eigenvalue weighted by Gasteiger charge is 2.42. The van der Waals surface area contributed by atoms with Crippen molar-refractivity contribution >= 4 is 75.0 Å². The van der Waals surface area contributed by atoms with E-state index < -0.39 is 46.7 Å². The highest BCUT2D eigenvalue weighted by molar-refractivity contribution is 7.44. The van der Waals surface area contributed by atoms with E-state index in [0.717, 1.165) is 74.1 Å². The molecule has 3 amide bonds. The van der Waals surface area contributed by atoms with Crippen LogP contribution in [0.15, 0.2) is 139 Å². The summed E-state index contributed by atoms with van der Waals surface area (Å²) in [5.41, 5.74) is 4.95. The number of hydrogen-bond donors (Lipinski definition) is 4. The molecule has 4 unspecified atom stereocenters. The first kappa shape index (κ1) is 89.6. The molecule has 0 radical (unpaired) electrons. The van der Waals surface area contributed by atoms with E-state index in [1.54, 1.807) is 62.8 Å². The largest absolute Gasteiger partial charge is 0.382 e. The van der Waals surface area contributed by atoms with Gasteiger partial charge < -0.3 is 62.8 Å². The second-order valence-corrected chi connectivity index (χ2v) is 29.7. The van der Waals surface area contributed by atoms with Crippen LogP contribution < -0.4 is 37.0 Å². The summed E-state index contributed by atoms with van der Waals surface area (Å²) < 4.78 is 53.5. The number of azo groups is 2. The third-order valence-electron chi connectivity index (χ3n) is 16.4. The Hall–Kier alpha value is -8.05. The smallest absolute Gasteiger partial charge is 0.330 e. The molecule has 1 aromatic heterocycles. The van der Waals surface area contributed by atoms with Crippen molar-refractivity contribution in [2.45, 2.75) is 175 Å². The third-order valence-corrected chi connectivity index (χ3v) is 20.8. The summed E-state index contributed by atoms with van der Waals surface area (Å²) in [6.45, 7) is 20.3. The lowest BCUT2D eigenvalue weighted by Gasteiger charge is -2.37. The van der Waals surface area contributed by atoms with Gasteiger partial charge in [0.1, 0.15) is 18.4 Å². The highest BCUT2D eigenvalue weighted by Crippen LogP contribution is 2.50. The zero-order valence-corrected chi connectivity index (χ0v) is 66.6. The average molecular weight is 1520 g/mol. The van der Waals surface area contributed by atoms with Gasteiger partial charge in [0.15, 0.2) is 0 Å². The first-order valence-electron chi connectivity index (χ1n) is 36.6. The molecule has 4 aromatic carbocycles. The second-order valence-electron chi connectivity index (χ2n) is 26.8. The predicted octanol–water partition coefficient (Wildman–Crippen LogP) is 14.5. The van der Waals surface area contributed by atoms with Crippen molar-refractivity contribution < 1.29 is 51.4 Å². The maximum atomic E-state index is 13.0. The highest BCUT2D eigenvalue weighted by atomic mass is 31.2. The minimum Gasteiger partial charge on any atom is -0.382 e. The molecule has 1 fully saturated rings. The van der Waals surface area contributed by atoms with Crippen molar-refractivity contribution in [1.82, 2.24) is 34.8 Å². The van der Waals surface area contributed by atoms with E-state index in [2.05, 4.69) is 90.6 Å². The first-order chi connectivity index (χ1) is 51.5. The Morgan fingerprint density at radius 3 is 1.48 bits per heavy atom. The quantitative estimate of drug-likeness (QED) is 0.0122. The van der Waals surface area contributed by atoms with Crippen molar-refractivity contribution in [2.24, 2.45) is 20.5 Å². The number of carbonyl (C=O) groups is 3. The number of nitrogens with one attached hydrogen (secondary N) is 4. The Morgan fingerprint density at radius 2 is 1.04 bits per heavy atom. The number of methoxy groups -OCH3 is 2. The normalized spacial score (nSPS) is 15.3. The number of aromatic amines is 1. The summed E-state index contributed by atoms with van der Waals surface area (Å²) in [6.07, 6.45) is 9.67. The van der Waals surface area contributed by atoms with Crippen LogP contribution in [0, 0.1) is 22.7 Å². The summed E-state index contributed by atoms with van der Waals surface area (Å²) in [5.74, 6) is -0.643. The van der Waals surface area contributed by atoms with E-state index in [1.807, 2.05) is 114 Å². The lowest BCUT2D eigenvalue weighted by Crippen LogP contribution is -2.36. The molecular weight excluding hydrogens is 1400 g/mol. The average Bonchev–Trinajstić information content (AvgIpc) is 1.67. The number of H-pyrrole nitrogens is 1. The molecule has 0 saturated carbocycles. The Kier molecular flexibility index (Phi) is 41.7. The molecule has 5 aromatic rings. The molecule has 6 atom stereocenters. The van der Waals surface area contributed by atoms with Crippen molar-refractivity contribution in [1.29, 1.82) is 10.5 Å². The molecule has 107 heavy (non-hydrogen) atoms. The Balaban J connectivity index is 0.000000400. The van der Waals surface area contributed by atoms with E-state index in [1.165, 1.54) is 22.9 Å². The number of anilines is 2. The number of ether oxygens (including phenoxy) is 4. The molecule has 584 valence electrons. The number of unbranched alkanes of at least 4 members (excludes halogenated alkanes) is 6. The Morgan fingerprint density at radius 1 is 0.598 bits per heavy atom. The number of aromatic nitrogens is 2. The number of nitriles is 2. The molecule has 0 spiro atoms. The molecule has 28 nitrogen and oxygen atoms in total. The van der Waals surface area contributed by atoms with Crippen LogP contribution in [-0.2, 0) is 41.8 Å². The van der Waals surface area contributed by atoms with Crippen molar-refractivity contribution in [3.63, 3.8) is 0 Å². The van der Waals surface area contributed by atoms with Crippen LogP contribution in [-0.4, -0.2) is 181 Å². The van der Waals surface area contributed by atoms with Crippen LogP contribution in [0.4, 0.5) is 34.1 Å². The maximum absolute atomic E-state index is 13.0. The minimum atomic E-state index is -1.59. The zero-order valence-electron chi connectivity index (χ0n) is 64.9. The van der Waals surface area contributed by atoms with Gasteiger partial charge in [-0.2, -0.15) is 31.0 Å². The summed E-state index contributed by atoms with van der Waals surface area (Å²) in [6, 6.07) is 34.5. The van der Waals surface area contributed by atoms with Crippen LogP contribution in [0.5, 0.6) is 0 Å². The van der Waals surface area contributed by atoms with Crippen LogP contribution in [0.1, 0.15) is 159 Å². The number of carbonyl (C=O) groups excluding carboxylic acids is 3. The van der Waals surface area contributed by atoms with Gasteiger partial charge in [-0.25, -0.2) is 14.1 Å². The molecule has 1 aliphatic rings. The molecule has 4 N–H and O–H groups in total. The Bertz CT molecular complexity index is 3700. The van der Waals surface area contributed by atoms with E-state index in [9.17, 15) is 24.0 Å². The number of hydrogen-bond acceptors (Lipinski definition) is 23. The number of amides is 3. The van der Waals surface area contributed by atoms with Gasteiger partial charge in [-0.1, -0.05) is 25.7 Å². The van der Waals surface area contributed by atoms with Gasteiger partial charge >= 0.3 is 5.69 Å². The first-order valence-corrected chi connectivity index (χ1v) is 38.9. The van der Waals surface area contributed by atoms with E-state index in [-0.39, 0.29) is 79.6 Å². The van der Waals surface area contributed by atoms with Crippen LogP contribution in [0.2, 0.25) is 0 Å². The monoisotopic (exact) mass is 1520 g/mol. The van der Waals surface area contributed by atoms with Crippen molar-refractivity contribution in [2.75, 3.05) is 111 Å². The molecule has 0 bridgehead atoms. The summed E-state index contributed by atoms with van der Waals surface area (Å²) in [5, 5.41) is 43.8. The number of benzene rings is 4. The second kappa shape index (κ2) is 49.8. The standard InChI is InChI=1S/C43H60N9O8P.C34H53N6O5P/c1-30(2)52(31(3)4)61(58-26-12-23-44)60-37-27-40(59-38(37)29-57-7)51-28-33(42(55)47-43(51)56)15-22-39(53)45-24-10-8-9-11-25-46-41(54)32-13-16-34(17-14-32)48-49-35-18-20-36(21-19-35)50(5)6;1-27(2)40(28(3)4)46(44-24-12-21-35)45-33(25-42-7)26-43-23-11-9-8-10-22-36-34(41)29-13-15-30(16-14-29)37-38-31-17-19-32(20-18-31)39(5)6/h13-22,28,30-31,37-38,40H,8-12,24-27,29H2,1-7H3,(H,45,53)(H,46,54)(H,47,55,56);13-20,27-28,33H,8-12,22-26H2,1-7H3,(H,36,41)/b22-15+,49-48?;/t37?,38-,40-,61?;/m1./s1. The van der Waals surface area contributed by atoms with Crippen LogP contribution in [0.3, 0.4) is 0 Å². The van der Waals surface area contributed by atoms with E-state index in [0.29, 0.717) is 75.0 Å². The van der Waals surface area contributed by atoms with Gasteiger partial charge in [0.2, 0.25) is 5.91 Å². The minimum absolute atomic E-state index is 0.0894. The van der Waals surface area contributed by atoms with Crippen molar-refractivity contribution in [3.8, 4) is 12.1 Å². The summed E-state index contributed by atoms with van der Waals surface area (Å²) >= 11 is 0. The fraction of sp³-hybridized carbons (Fsp3) is 0.545. The van der Waals surface area contributed by atoms with Gasteiger partial charge in [0, 0.05) is 134 Å². The SMILES string of the molecule is COCC(COCCCCCCNC(=O)c1ccc(N=Nc2ccc(N(C)C)cc2)cc1)OP(OCCC#N)N(C(C)C)C(C)C.COC[C@H]1O[C@@H](n2cc(/C=C/C(=O)NCCCCCCNC(=O)c3ccc(N=Nc4ccc(N(C)C)cc4)cc3)c(=O)[nH]c2=O)CC1OP(OCCC#N)N(C(C)C)C(C)C. The lowest BCUT2D eigenvalue weighted by molar-refractivity contribution is -0.116. The van der Waals surface area contributed by atoms with Crippen LogP contribution >= 0.6 is 17.1 Å². The third kappa shape index (κ3) is 32.7. The molecule has 1 aliphatic heterocycles. The predicted molar refractivity (Wildman–Crippen MR) is 421 cm³/mol. The van der Waals surface area contributed by atoms with Crippen LogP contribution in [0.25, 0.3) is 6.08 Å². The van der Waals surface area contributed by atoms with Gasteiger partial charge in [0.05, 0.1) is 92.4 Å². The number of nitrogens with zero attached hydrogens (tertiary/aromatic N) is 11. The van der Waals surface area contributed by atoms with E-state index in [4.69, 9.17) is 47.6 Å². The summed E-state index contributed by atoms with van der Waals surface area (Å²) in [4.78, 5) is 69.8. The van der Waals surface area contributed by atoms with Gasteiger partial charge in [0.25, 0.3) is 34.4 Å². The molecule has 2 heterocycles. The molecule has 0 aliphatic carbocycles. The zero-order chi connectivity index (χ0) is 78.0. The fourth-order valence-electron chi connectivity index (χ4n) is 11.0. The van der Waals surface area contributed by atoms with Crippen molar-refractivity contribution in [3.05, 3.63) is 147 Å². The molecular formula is C77H113N15O13P2. The lowest BCUT2D eigenvalue weighted by atomic mass is 10.1. The molecule has 6 rings (SSSR count). The Labute approximate surface area is 634 Å². The molecule has 1 saturated heterocycles. The molecule has 30 heteroatoms. The van der Waals surface area contributed by atoms with Gasteiger partial charge in [-0.15, -0.1) is 0 Å². The fourth-order valence-corrected chi connectivity index (χ4v) is 14.5. The van der Waals surface area contributed by atoms with E-state index >= 15 is 0 Å². The summed E-state index contributed by atoms with van der Waals surface area (Å²) in [7, 11) is 8.18. The maximum Gasteiger partial charge on any atom is 0.330 e. The number of rotatable bonds is 47. The topological polar surface area (TPSA) is 326 Å².